The van der Waals surface area contributed by atoms with E-state index in [0.29, 0.717) is 24.5 Å². The number of hydrazine groups is 1. The van der Waals surface area contributed by atoms with Crippen LogP contribution in [-0.4, -0.2) is 30.6 Å². The monoisotopic (exact) mass is 428 g/mol. The summed E-state index contributed by atoms with van der Waals surface area (Å²) in [4.78, 5) is 11.7. The van der Waals surface area contributed by atoms with Gasteiger partial charge < -0.3 is 9.47 Å². The van der Waals surface area contributed by atoms with Gasteiger partial charge in [-0.05, 0) is 47.2 Å². The van der Waals surface area contributed by atoms with E-state index in [0.717, 1.165) is 11.1 Å². The fourth-order valence-electron chi connectivity index (χ4n) is 2.42. The average molecular weight is 428 g/mol. The molecule has 0 bridgehead atoms. The smallest absolute Gasteiger partial charge is 0.446 e. The highest BCUT2D eigenvalue weighted by atomic mass is 32.2. The molecule has 2 aromatic carbocycles. The van der Waals surface area contributed by atoms with Crippen LogP contribution in [0.5, 0.6) is 11.5 Å². The number of hydrogen-bond acceptors (Lipinski definition) is 5. The number of halogens is 3. The molecule has 2 rings (SSSR count). The Morgan fingerprint density at radius 1 is 1.10 bits per heavy atom. The average Bonchev–Trinajstić information content (AvgIpc) is 2.69. The van der Waals surface area contributed by atoms with Gasteiger partial charge in [0.2, 0.25) is 5.91 Å². The molecule has 0 unspecified atom stereocenters. The zero-order valence-electron chi connectivity index (χ0n) is 16.4. The summed E-state index contributed by atoms with van der Waals surface area (Å²) in [6.07, 6.45) is 0.412. The number of thioether (sulfide) groups is 1. The summed E-state index contributed by atoms with van der Waals surface area (Å²) in [5, 5.41) is 1.44. The van der Waals surface area contributed by atoms with Crippen LogP contribution in [0.3, 0.4) is 0 Å². The maximum absolute atomic E-state index is 12.4. The summed E-state index contributed by atoms with van der Waals surface area (Å²) in [5.74, 6) is 1.03. The van der Waals surface area contributed by atoms with Crippen LogP contribution in [0.15, 0.2) is 47.4 Å². The van der Waals surface area contributed by atoms with Gasteiger partial charge in [0.1, 0.15) is 6.61 Å². The van der Waals surface area contributed by atoms with Crippen LogP contribution in [0, 0.1) is 0 Å². The lowest BCUT2D eigenvalue weighted by Crippen LogP contribution is -2.38. The van der Waals surface area contributed by atoms with Crippen LogP contribution >= 0.6 is 11.8 Å². The molecular weight excluding hydrogens is 405 g/mol. The van der Waals surface area contributed by atoms with Crippen molar-refractivity contribution in [1.29, 1.82) is 0 Å². The van der Waals surface area contributed by atoms with E-state index >= 15 is 0 Å². The SMILES string of the molecule is CCC(=O)N(C)NCc1ccc(OCc2ccc(SC(F)(F)F)cc2)c(OC)c1. The summed E-state index contributed by atoms with van der Waals surface area (Å²) in [6.45, 7) is 2.42. The molecule has 0 aromatic heterocycles. The maximum atomic E-state index is 12.4. The second-order valence-electron chi connectivity index (χ2n) is 6.11. The van der Waals surface area contributed by atoms with Crippen molar-refractivity contribution in [2.75, 3.05) is 14.2 Å². The fraction of sp³-hybridized carbons (Fsp3) is 0.350. The van der Waals surface area contributed by atoms with Crippen molar-refractivity contribution in [3.63, 3.8) is 0 Å². The number of carbonyl (C=O) groups is 1. The summed E-state index contributed by atoms with van der Waals surface area (Å²) >= 11 is -0.150. The first-order valence-corrected chi connectivity index (χ1v) is 9.68. The third-order valence-corrected chi connectivity index (χ3v) is 4.72. The number of rotatable bonds is 9. The number of carbonyl (C=O) groups excluding carboxylic acids is 1. The van der Waals surface area contributed by atoms with Gasteiger partial charge in [0.25, 0.3) is 0 Å². The zero-order chi connectivity index (χ0) is 21.4. The summed E-state index contributed by atoms with van der Waals surface area (Å²) in [7, 11) is 3.19. The van der Waals surface area contributed by atoms with Crippen LogP contribution < -0.4 is 14.9 Å². The normalized spacial score (nSPS) is 11.2. The number of hydrogen-bond donors (Lipinski definition) is 1. The Morgan fingerprint density at radius 3 is 2.34 bits per heavy atom. The lowest BCUT2D eigenvalue weighted by atomic mass is 10.2. The van der Waals surface area contributed by atoms with Crippen molar-refractivity contribution in [1.82, 2.24) is 10.4 Å². The number of benzene rings is 2. The van der Waals surface area contributed by atoms with Crippen LogP contribution in [0.2, 0.25) is 0 Å². The van der Waals surface area contributed by atoms with Crippen molar-refractivity contribution in [2.24, 2.45) is 0 Å². The predicted molar refractivity (Wildman–Crippen MR) is 106 cm³/mol. The molecule has 1 N–H and O–H groups in total. The van der Waals surface area contributed by atoms with Gasteiger partial charge in [-0.15, -0.1) is 0 Å². The van der Waals surface area contributed by atoms with Gasteiger partial charge >= 0.3 is 5.51 Å². The quantitative estimate of drug-likeness (QED) is 0.461. The third-order valence-electron chi connectivity index (χ3n) is 3.98. The van der Waals surface area contributed by atoms with Gasteiger partial charge in [-0.25, -0.2) is 5.43 Å². The molecule has 9 heteroatoms. The molecule has 0 radical (unpaired) electrons. The van der Waals surface area contributed by atoms with Crippen molar-refractivity contribution >= 4 is 17.7 Å². The first-order valence-electron chi connectivity index (χ1n) is 8.86. The number of nitrogens with zero attached hydrogens (tertiary/aromatic N) is 1. The Kier molecular flexibility index (Phi) is 8.21. The minimum atomic E-state index is -4.30. The number of methoxy groups -OCH3 is 1. The van der Waals surface area contributed by atoms with E-state index in [1.165, 1.54) is 24.3 Å². The molecule has 0 aliphatic carbocycles. The van der Waals surface area contributed by atoms with Crippen LogP contribution in [-0.2, 0) is 17.9 Å². The van der Waals surface area contributed by atoms with E-state index in [1.807, 2.05) is 6.07 Å². The Bertz CT molecular complexity index is 814. The van der Waals surface area contributed by atoms with Gasteiger partial charge in [0.05, 0.1) is 7.11 Å². The van der Waals surface area contributed by atoms with Crippen LogP contribution in [0.1, 0.15) is 24.5 Å². The molecule has 0 aliphatic rings. The van der Waals surface area contributed by atoms with Gasteiger partial charge in [-0.1, -0.05) is 25.1 Å². The summed E-state index contributed by atoms with van der Waals surface area (Å²) < 4.78 is 48.3. The highest BCUT2D eigenvalue weighted by Gasteiger charge is 2.29. The van der Waals surface area contributed by atoms with E-state index in [4.69, 9.17) is 9.47 Å². The Morgan fingerprint density at radius 2 is 1.76 bits per heavy atom. The van der Waals surface area contributed by atoms with E-state index in [-0.39, 0.29) is 29.2 Å². The van der Waals surface area contributed by atoms with Crippen LogP contribution in [0.4, 0.5) is 13.2 Å². The van der Waals surface area contributed by atoms with E-state index in [2.05, 4.69) is 5.43 Å². The highest BCUT2D eigenvalue weighted by Crippen LogP contribution is 2.36. The molecule has 158 valence electrons. The number of amides is 1. The van der Waals surface area contributed by atoms with E-state index < -0.39 is 5.51 Å². The van der Waals surface area contributed by atoms with Crippen molar-refractivity contribution < 1.29 is 27.4 Å². The number of ether oxygens (including phenoxy) is 2. The zero-order valence-corrected chi connectivity index (χ0v) is 17.2. The summed E-state index contributed by atoms with van der Waals surface area (Å²) in [6, 6.07) is 11.4. The van der Waals surface area contributed by atoms with Gasteiger partial charge in [-0.3, -0.25) is 9.80 Å². The first kappa shape index (κ1) is 22.9. The molecule has 29 heavy (non-hydrogen) atoms. The minimum absolute atomic E-state index is 0.0171. The maximum Gasteiger partial charge on any atom is 0.446 e. The Labute approximate surface area is 172 Å². The lowest BCUT2D eigenvalue weighted by Gasteiger charge is -2.18. The molecule has 2 aromatic rings. The van der Waals surface area contributed by atoms with Crippen LogP contribution in [0.25, 0.3) is 0 Å². The van der Waals surface area contributed by atoms with E-state index in [1.54, 1.807) is 38.2 Å². The van der Waals surface area contributed by atoms with Gasteiger partial charge in [0, 0.05) is 24.9 Å². The lowest BCUT2D eigenvalue weighted by molar-refractivity contribution is -0.132. The largest absolute Gasteiger partial charge is 0.493 e. The molecule has 0 saturated carbocycles. The van der Waals surface area contributed by atoms with Crippen molar-refractivity contribution in [3.05, 3.63) is 53.6 Å². The molecule has 0 aliphatic heterocycles. The predicted octanol–water partition coefficient (Wildman–Crippen LogP) is 4.76. The standard InChI is InChI=1S/C20H23F3N2O3S/c1-4-19(26)25(2)24-12-15-7-10-17(18(11-15)27-3)28-13-14-5-8-16(9-6-14)29-20(21,22)23/h5-11,24H,4,12-13H2,1-3H3. The van der Waals surface area contributed by atoms with Gasteiger partial charge in [-0.2, -0.15) is 13.2 Å². The second-order valence-corrected chi connectivity index (χ2v) is 7.25. The molecule has 0 spiro atoms. The summed E-state index contributed by atoms with van der Waals surface area (Å²) in [5.41, 5.74) is 0.341. The Hall–Kier alpha value is -2.39. The molecule has 0 atom stereocenters. The highest BCUT2D eigenvalue weighted by molar-refractivity contribution is 8.00. The molecule has 5 nitrogen and oxygen atoms in total. The first-order chi connectivity index (χ1) is 13.7. The van der Waals surface area contributed by atoms with Crippen molar-refractivity contribution in [3.8, 4) is 11.5 Å². The molecule has 1 amide bonds. The molecule has 0 saturated heterocycles. The molecule has 0 heterocycles. The number of alkyl halides is 3. The topological polar surface area (TPSA) is 50.8 Å². The molecular formula is C20H23F3N2O3S. The second kappa shape index (κ2) is 10.4. The Balaban J connectivity index is 1.96. The van der Waals surface area contributed by atoms with Crippen molar-refractivity contribution in [2.45, 2.75) is 36.9 Å². The van der Waals surface area contributed by atoms with Gasteiger partial charge in [0.15, 0.2) is 11.5 Å². The fourth-order valence-corrected chi connectivity index (χ4v) is 2.96. The number of nitrogens with one attached hydrogen (secondary N) is 1. The molecule has 0 fully saturated rings. The third kappa shape index (κ3) is 7.51. The van der Waals surface area contributed by atoms with E-state index in [9.17, 15) is 18.0 Å². The minimum Gasteiger partial charge on any atom is -0.493 e.